The molecule has 0 aliphatic carbocycles. The summed E-state index contributed by atoms with van der Waals surface area (Å²) in [6.45, 7) is 0.511. The maximum atomic E-state index is 11.6. The number of terminal acetylenes is 1. The molecule has 0 fully saturated rings. The Morgan fingerprint density at radius 2 is 2.22 bits per heavy atom. The highest BCUT2D eigenvalue weighted by Gasteiger charge is 2.11. The quantitative estimate of drug-likeness (QED) is 0.482. The van der Waals surface area contributed by atoms with Gasteiger partial charge in [-0.2, -0.15) is 0 Å². The van der Waals surface area contributed by atoms with E-state index in [0.29, 0.717) is 24.3 Å². The Kier molecular flexibility index (Phi) is 5.25. The third kappa shape index (κ3) is 4.53. The lowest BCUT2D eigenvalue weighted by Gasteiger charge is -2.08. The molecule has 2 aromatic rings. The molecule has 2 rings (SSSR count). The van der Waals surface area contributed by atoms with Gasteiger partial charge >= 0.3 is 5.97 Å². The van der Waals surface area contributed by atoms with Gasteiger partial charge in [0.1, 0.15) is 0 Å². The molecule has 0 unspecified atom stereocenters. The van der Waals surface area contributed by atoms with Gasteiger partial charge in [-0.25, -0.2) is 4.79 Å². The third-order valence-corrected chi connectivity index (χ3v) is 2.73. The molecule has 0 radical (unpaired) electrons. The molecule has 9 heteroatoms. The van der Waals surface area contributed by atoms with Crippen LogP contribution in [0.25, 0.3) is 5.69 Å². The lowest BCUT2D eigenvalue weighted by Crippen LogP contribution is -2.30. The highest BCUT2D eigenvalue weighted by Crippen LogP contribution is 2.12. The first-order valence-corrected chi connectivity index (χ1v) is 6.68. The number of carboxylic acid groups (broad SMARTS) is 1. The number of carboxylic acids is 1. The second-order valence-corrected chi connectivity index (χ2v) is 4.42. The molecule has 0 atom stereocenters. The van der Waals surface area contributed by atoms with E-state index in [1.165, 1.54) is 0 Å². The first-order valence-electron chi connectivity index (χ1n) is 6.68. The van der Waals surface area contributed by atoms with Crippen molar-refractivity contribution in [2.24, 2.45) is 0 Å². The number of tetrazole rings is 1. The van der Waals surface area contributed by atoms with E-state index in [0.717, 1.165) is 4.80 Å². The lowest BCUT2D eigenvalue weighted by molar-refractivity contribution is -0.119. The Labute approximate surface area is 131 Å². The smallest absolute Gasteiger partial charge is 0.377 e. The van der Waals surface area contributed by atoms with Crippen LogP contribution in [0.1, 0.15) is 17.0 Å². The van der Waals surface area contributed by atoms with Crippen molar-refractivity contribution in [3.8, 4) is 18.0 Å². The molecule has 9 nitrogen and oxygen atoms in total. The van der Waals surface area contributed by atoms with E-state index in [9.17, 15) is 9.59 Å². The molecule has 1 amide bonds. The molecule has 0 aliphatic rings. The number of anilines is 1. The molecule has 23 heavy (non-hydrogen) atoms. The van der Waals surface area contributed by atoms with E-state index in [2.05, 4.69) is 32.0 Å². The average molecular weight is 314 g/mol. The standard InChI is InChI=1S/C14H14N6O3/c1-2-3-7-15-12(21)9-16-10-5-4-6-11(8-10)20-18-13(14(22)23)17-19-20/h1,4-6,8,16H,3,7,9H2,(H,15,21)(H,22,23). The van der Waals surface area contributed by atoms with Gasteiger partial charge in [0.2, 0.25) is 5.91 Å². The summed E-state index contributed by atoms with van der Waals surface area (Å²) in [6.07, 6.45) is 5.58. The summed E-state index contributed by atoms with van der Waals surface area (Å²) in [4.78, 5) is 23.4. The first-order chi connectivity index (χ1) is 11.1. The van der Waals surface area contributed by atoms with Crippen LogP contribution in [0.3, 0.4) is 0 Å². The molecule has 3 N–H and O–H groups in total. The topological polar surface area (TPSA) is 122 Å². The minimum atomic E-state index is -1.26. The zero-order chi connectivity index (χ0) is 16.7. The van der Waals surface area contributed by atoms with Crippen molar-refractivity contribution in [2.45, 2.75) is 6.42 Å². The summed E-state index contributed by atoms with van der Waals surface area (Å²) in [6, 6.07) is 6.83. The van der Waals surface area contributed by atoms with Gasteiger partial charge in [-0.15, -0.1) is 27.3 Å². The van der Waals surface area contributed by atoms with Crippen LogP contribution in [0.2, 0.25) is 0 Å². The molecule has 0 saturated carbocycles. The number of amides is 1. The fourth-order valence-electron chi connectivity index (χ4n) is 1.67. The highest BCUT2D eigenvalue weighted by molar-refractivity contribution is 5.82. The fraction of sp³-hybridized carbons (Fsp3) is 0.214. The second kappa shape index (κ2) is 7.56. The summed E-state index contributed by atoms with van der Waals surface area (Å²) in [5.41, 5.74) is 1.17. The summed E-state index contributed by atoms with van der Waals surface area (Å²) < 4.78 is 0. The number of benzene rings is 1. The number of nitrogens with one attached hydrogen (secondary N) is 2. The Hall–Kier alpha value is -3.41. The number of aromatic nitrogens is 4. The molecule has 0 aliphatic heterocycles. The zero-order valence-corrected chi connectivity index (χ0v) is 12.1. The van der Waals surface area contributed by atoms with E-state index >= 15 is 0 Å². The van der Waals surface area contributed by atoms with E-state index in [1.807, 2.05) is 0 Å². The number of aromatic carboxylic acids is 1. The van der Waals surface area contributed by atoms with Crippen molar-refractivity contribution < 1.29 is 14.7 Å². The number of nitrogens with zero attached hydrogens (tertiary/aromatic N) is 4. The predicted octanol–water partition coefficient (Wildman–Crippen LogP) is -0.0881. The number of carbonyl (C=O) groups excluding carboxylic acids is 1. The van der Waals surface area contributed by atoms with E-state index in [1.54, 1.807) is 24.3 Å². The Balaban J connectivity index is 1.98. The molecular formula is C14H14N6O3. The van der Waals surface area contributed by atoms with Crippen LogP contribution < -0.4 is 10.6 Å². The van der Waals surface area contributed by atoms with Crippen LogP contribution in [0, 0.1) is 12.3 Å². The van der Waals surface area contributed by atoms with Gasteiger partial charge in [0.05, 0.1) is 12.2 Å². The van der Waals surface area contributed by atoms with Gasteiger partial charge in [0, 0.05) is 18.7 Å². The minimum absolute atomic E-state index is 0.0825. The zero-order valence-electron chi connectivity index (χ0n) is 12.1. The van der Waals surface area contributed by atoms with E-state index < -0.39 is 11.8 Å². The van der Waals surface area contributed by atoms with Crippen molar-refractivity contribution in [2.75, 3.05) is 18.4 Å². The van der Waals surface area contributed by atoms with Crippen molar-refractivity contribution in [1.82, 2.24) is 25.5 Å². The van der Waals surface area contributed by atoms with Crippen molar-refractivity contribution in [3.63, 3.8) is 0 Å². The average Bonchev–Trinajstić information content (AvgIpc) is 3.04. The summed E-state index contributed by atoms with van der Waals surface area (Å²) >= 11 is 0. The van der Waals surface area contributed by atoms with Gasteiger partial charge in [0.25, 0.3) is 5.82 Å². The van der Waals surface area contributed by atoms with Gasteiger partial charge in [-0.1, -0.05) is 6.07 Å². The molecule has 118 valence electrons. The normalized spacial score (nSPS) is 9.87. The van der Waals surface area contributed by atoms with Gasteiger partial charge in [0.15, 0.2) is 0 Å². The fourth-order valence-corrected chi connectivity index (χ4v) is 1.67. The molecular weight excluding hydrogens is 300 g/mol. The number of hydrogen-bond acceptors (Lipinski definition) is 6. The maximum Gasteiger partial charge on any atom is 0.377 e. The van der Waals surface area contributed by atoms with Crippen molar-refractivity contribution in [3.05, 3.63) is 30.1 Å². The molecule has 0 spiro atoms. The van der Waals surface area contributed by atoms with Crippen LogP contribution in [-0.2, 0) is 4.79 Å². The van der Waals surface area contributed by atoms with Crippen LogP contribution in [0.5, 0.6) is 0 Å². The molecule has 1 aromatic heterocycles. The number of hydrogen-bond donors (Lipinski definition) is 3. The van der Waals surface area contributed by atoms with Crippen LogP contribution in [0.4, 0.5) is 5.69 Å². The Morgan fingerprint density at radius 3 is 2.91 bits per heavy atom. The van der Waals surface area contributed by atoms with Crippen molar-refractivity contribution >= 4 is 17.6 Å². The van der Waals surface area contributed by atoms with Crippen LogP contribution in [0.15, 0.2) is 24.3 Å². The van der Waals surface area contributed by atoms with Crippen molar-refractivity contribution in [1.29, 1.82) is 0 Å². The Bertz CT molecular complexity index is 749. The first kappa shape index (κ1) is 16.0. The monoisotopic (exact) mass is 314 g/mol. The second-order valence-electron chi connectivity index (χ2n) is 4.42. The largest absolute Gasteiger partial charge is 0.475 e. The minimum Gasteiger partial charge on any atom is -0.475 e. The number of rotatable bonds is 7. The summed E-state index contributed by atoms with van der Waals surface area (Å²) in [5, 5.41) is 25.2. The molecule has 1 heterocycles. The predicted molar refractivity (Wildman–Crippen MR) is 81.1 cm³/mol. The van der Waals surface area contributed by atoms with Gasteiger partial charge in [-0.3, -0.25) is 4.79 Å². The van der Waals surface area contributed by atoms with Crippen LogP contribution in [-0.4, -0.2) is 50.3 Å². The molecule has 0 saturated heterocycles. The molecule has 0 bridgehead atoms. The summed E-state index contributed by atoms with van der Waals surface area (Å²) in [5.74, 6) is 0.602. The highest BCUT2D eigenvalue weighted by atomic mass is 16.4. The number of carbonyl (C=O) groups is 2. The SMILES string of the molecule is C#CCCNC(=O)CNc1cccc(-n2nnc(C(=O)O)n2)c1. The lowest BCUT2D eigenvalue weighted by atomic mass is 10.3. The van der Waals surface area contributed by atoms with Crippen LogP contribution >= 0.6 is 0 Å². The van der Waals surface area contributed by atoms with E-state index in [4.69, 9.17) is 11.5 Å². The van der Waals surface area contributed by atoms with Gasteiger partial charge < -0.3 is 15.7 Å². The Morgan fingerprint density at radius 1 is 1.39 bits per heavy atom. The maximum absolute atomic E-state index is 11.6. The molecule has 1 aromatic carbocycles. The third-order valence-electron chi connectivity index (χ3n) is 2.73. The van der Waals surface area contributed by atoms with E-state index in [-0.39, 0.29) is 12.5 Å². The van der Waals surface area contributed by atoms with Gasteiger partial charge in [-0.05, 0) is 23.4 Å². The summed E-state index contributed by atoms with van der Waals surface area (Å²) in [7, 11) is 0.